The van der Waals surface area contributed by atoms with Gasteiger partial charge in [-0.25, -0.2) is 9.02 Å². The molecule has 0 bridgehead atoms. The van der Waals surface area contributed by atoms with E-state index in [1.807, 2.05) is 0 Å². The van der Waals surface area contributed by atoms with Crippen molar-refractivity contribution in [3.63, 3.8) is 0 Å². The molecule has 1 aromatic carbocycles. The fourth-order valence-corrected chi connectivity index (χ4v) is 2.65. The predicted molar refractivity (Wildman–Crippen MR) is 87.2 cm³/mol. The van der Waals surface area contributed by atoms with Crippen LogP contribution in [0.3, 0.4) is 0 Å². The second-order valence-corrected chi connectivity index (χ2v) is 5.96. The van der Waals surface area contributed by atoms with Gasteiger partial charge in [0.25, 0.3) is 0 Å². The minimum atomic E-state index is -0.404. The van der Waals surface area contributed by atoms with E-state index < -0.39 is 5.82 Å². The van der Waals surface area contributed by atoms with E-state index in [4.69, 9.17) is 4.42 Å². The molecule has 0 aliphatic carbocycles. The summed E-state index contributed by atoms with van der Waals surface area (Å²) in [6, 6.07) is 7.53. The van der Waals surface area contributed by atoms with E-state index in [0.717, 1.165) is 0 Å². The van der Waals surface area contributed by atoms with Crippen LogP contribution in [0, 0.1) is 5.82 Å². The highest BCUT2D eigenvalue weighted by Gasteiger charge is 2.21. The summed E-state index contributed by atoms with van der Waals surface area (Å²) < 4.78 is 23.3. The van der Waals surface area contributed by atoms with Gasteiger partial charge in [0.2, 0.25) is 5.78 Å². The molecule has 0 saturated heterocycles. The molecule has 0 aliphatic rings. The van der Waals surface area contributed by atoms with Crippen LogP contribution < -0.4 is 0 Å². The predicted octanol–water partition coefficient (Wildman–Crippen LogP) is 3.41. The van der Waals surface area contributed by atoms with Crippen molar-refractivity contribution >= 4 is 27.4 Å². The fraction of sp³-hybridized carbons (Fsp3) is 0.125. The molecule has 3 rings (SSSR count). The van der Waals surface area contributed by atoms with Crippen molar-refractivity contribution < 1.29 is 23.4 Å². The Balaban J connectivity index is 1.81. The summed E-state index contributed by atoms with van der Waals surface area (Å²) in [5, 5.41) is 19.9. The molecule has 0 aliphatic heterocycles. The van der Waals surface area contributed by atoms with Crippen molar-refractivity contribution in [3.05, 3.63) is 69.6 Å². The smallest absolute Gasteiger partial charge is 0.204 e. The lowest BCUT2D eigenvalue weighted by molar-refractivity contribution is 0.0964. The van der Waals surface area contributed by atoms with Crippen LogP contribution in [0.2, 0.25) is 0 Å². The number of rotatable bonds is 6. The monoisotopic (exact) mass is 407 g/mol. The number of ketones is 1. The van der Waals surface area contributed by atoms with Crippen molar-refractivity contribution in [2.24, 2.45) is 5.16 Å². The molecule has 0 amide bonds. The Hall–Kier alpha value is -2.81. The third-order valence-corrected chi connectivity index (χ3v) is 4.04. The third kappa shape index (κ3) is 3.82. The van der Waals surface area contributed by atoms with Crippen molar-refractivity contribution in [1.82, 2.24) is 10.3 Å². The molecule has 128 valence electrons. The average molecular weight is 408 g/mol. The van der Waals surface area contributed by atoms with Crippen LogP contribution in [-0.4, -0.2) is 27.0 Å². The van der Waals surface area contributed by atoms with Gasteiger partial charge in [0.15, 0.2) is 11.5 Å². The van der Waals surface area contributed by atoms with E-state index in [9.17, 15) is 14.4 Å². The van der Waals surface area contributed by atoms with Gasteiger partial charge in [-0.05, 0) is 50.9 Å². The maximum atomic E-state index is 13.3. The molecule has 0 saturated carbocycles. The molecule has 25 heavy (non-hydrogen) atoms. The molecule has 2 aromatic heterocycles. The van der Waals surface area contributed by atoms with Crippen molar-refractivity contribution in [2.45, 2.75) is 12.8 Å². The SMILES string of the molecule is O=C(Cc1nonc1/C(Cc1ccc(F)c(Br)c1)=N/O)c1ccco1. The molecule has 7 nitrogen and oxygen atoms in total. The molecule has 2 heterocycles. The first-order chi connectivity index (χ1) is 12.1. The Labute approximate surface area is 149 Å². The van der Waals surface area contributed by atoms with E-state index in [2.05, 4.69) is 36.0 Å². The number of Topliss-reactive ketones (excluding diaryl/α,β-unsaturated/α-hetero) is 1. The van der Waals surface area contributed by atoms with Crippen LogP contribution >= 0.6 is 15.9 Å². The van der Waals surface area contributed by atoms with Gasteiger partial charge >= 0.3 is 0 Å². The van der Waals surface area contributed by atoms with E-state index in [1.54, 1.807) is 18.2 Å². The summed E-state index contributed by atoms with van der Waals surface area (Å²) in [4.78, 5) is 12.1. The highest BCUT2D eigenvalue weighted by Crippen LogP contribution is 2.19. The molecule has 0 radical (unpaired) electrons. The first-order valence-electron chi connectivity index (χ1n) is 7.12. The molecule has 1 N–H and O–H groups in total. The lowest BCUT2D eigenvalue weighted by Crippen LogP contribution is -2.12. The lowest BCUT2D eigenvalue weighted by Gasteiger charge is -2.04. The maximum absolute atomic E-state index is 13.3. The number of hydrogen-bond donors (Lipinski definition) is 1. The lowest BCUT2D eigenvalue weighted by atomic mass is 10.0. The van der Waals surface area contributed by atoms with Crippen LogP contribution in [0.15, 0.2) is 55.3 Å². The van der Waals surface area contributed by atoms with Gasteiger partial charge in [0.1, 0.15) is 17.2 Å². The number of halogens is 2. The van der Waals surface area contributed by atoms with Crippen molar-refractivity contribution in [2.75, 3.05) is 0 Å². The number of oxime groups is 1. The molecule has 3 aromatic rings. The standard InChI is InChI=1S/C16H11BrFN3O4/c17-10-6-9(3-4-11(10)18)7-12(19-23)16-13(20-25-21-16)8-14(22)15-2-1-5-24-15/h1-6,23H,7-8H2/b19-12+. The number of furan rings is 1. The Kier molecular flexibility index (Phi) is 5.03. The first-order valence-corrected chi connectivity index (χ1v) is 7.91. The van der Waals surface area contributed by atoms with Crippen molar-refractivity contribution in [1.29, 1.82) is 0 Å². The number of nitrogens with zero attached hydrogens (tertiary/aromatic N) is 3. The number of hydrogen-bond acceptors (Lipinski definition) is 7. The average Bonchev–Trinajstić information content (AvgIpc) is 3.27. The number of carbonyl (C=O) groups excluding carboxylic acids is 1. The molecule has 0 atom stereocenters. The zero-order valence-corrected chi connectivity index (χ0v) is 14.2. The largest absolute Gasteiger partial charge is 0.461 e. The van der Waals surface area contributed by atoms with Crippen LogP contribution in [0.25, 0.3) is 0 Å². The van der Waals surface area contributed by atoms with Gasteiger partial charge < -0.3 is 9.62 Å². The summed E-state index contributed by atoms with van der Waals surface area (Å²) in [6.07, 6.45) is 1.41. The minimum Gasteiger partial charge on any atom is -0.461 e. The zero-order chi connectivity index (χ0) is 17.8. The van der Waals surface area contributed by atoms with Crippen LogP contribution in [-0.2, 0) is 12.8 Å². The quantitative estimate of drug-likeness (QED) is 0.290. The van der Waals surface area contributed by atoms with Gasteiger partial charge in [-0.15, -0.1) is 0 Å². The summed E-state index contributed by atoms with van der Waals surface area (Å²) in [5.41, 5.74) is 1.19. The molecular formula is C16H11BrFN3O4. The molecule has 9 heteroatoms. The second kappa shape index (κ2) is 7.39. The summed E-state index contributed by atoms with van der Waals surface area (Å²) >= 11 is 3.10. The van der Waals surface area contributed by atoms with Gasteiger partial charge in [0.05, 0.1) is 17.2 Å². The number of carbonyl (C=O) groups is 1. The summed E-state index contributed by atoms with van der Waals surface area (Å²) in [7, 11) is 0. The van der Waals surface area contributed by atoms with Crippen molar-refractivity contribution in [3.8, 4) is 0 Å². The first kappa shape index (κ1) is 17.0. The number of benzene rings is 1. The normalized spacial score (nSPS) is 11.7. The van der Waals surface area contributed by atoms with Crippen LogP contribution in [0.1, 0.15) is 27.5 Å². The maximum Gasteiger partial charge on any atom is 0.204 e. The second-order valence-electron chi connectivity index (χ2n) is 5.11. The van der Waals surface area contributed by atoms with E-state index in [-0.39, 0.29) is 46.0 Å². The Morgan fingerprint density at radius 3 is 2.80 bits per heavy atom. The Morgan fingerprint density at radius 1 is 1.28 bits per heavy atom. The molecule has 0 unspecified atom stereocenters. The van der Waals surface area contributed by atoms with E-state index in [0.29, 0.717) is 5.56 Å². The molecule has 0 spiro atoms. The van der Waals surface area contributed by atoms with Crippen LogP contribution in [0.4, 0.5) is 4.39 Å². The van der Waals surface area contributed by atoms with Crippen LogP contribution in [0.5, 0.6) is 0 Å². The van der Waals surface area contributed by atoms with Gasteiger partial charge in [-0.1, -0.05) is 16.4 Å². The highest BCUT2D eigenvalue weighted by molar-refractivity contribution is 9.10. The third-order valence-electron chi connectivity index (χ3n) is 3.43. The Morgan fingerprint density at radius 2 is 2.12 bits per heavy atom. The molecule has 0 fully saturated rings. The fourth-order valence-electron chi connectivity index (χ4n) is 2.23. The summed E-state index contributed by atoms with van der Waals surface area (Å²) in [5.74, 6) is -0.540. The minimum absolute atomic E-state index is 0.127. The van der Waals surface area contributed by atoms with E-state index >= 15 is 0 Å². The molecular weight excluding hydrogens is 397 g/mol. The topological polar surface area (TPSA) is 102 Å². The highest BCUT2D eigenvalue weighted by atomic mass is 79.9. The zero-order valence-electron chi connectivity index (χ0n) is 12.6. The number of aromatic nitrogens is 2. The van der Waals surface area contributed by atoms with E-state index in [1.165, 1.54) is 18.4 Å². The Bertz CT molecular complexity index is 921. The van der Waals surface area contributed by atoms with Gasteiger partial charge in [0, 0.05) is 6.42 Å². The summed E-state index contributed by atoms with van der Waals surface area (Å²) in [6.45, 7) is 0. The van der Waals surface area contributed by atoms with Gasteiger partial charge in [-0.3, -0.25) is 4.79 Å². The van der Waals surface area contributed by atoms with Gasteiger partial charge in [-0.2, -0.15) is 0 Å².